The Bertz CT molecular complexity index is 1000. The quantitative estimate of drug-likeness (QED) is 0.639. The van der Waals surface area contributed by atoms with E-state index in [0.717, 1.165) is 0 Å². The number of nitrogens with zero attached hydrogens (tertiary/aromatic N) is 3. The molecule has 0 aliphatic carbocycles. The number of nitrogen functional groups attached to an aromatic ring is 1. The van der Waals surface area contributed by atoms with E-state index in [2.05, 4.69) is 10.4 Å². The molecule has 2 aromatic heterocycles. The van der Waals surface area contributed by atoms with Crippen LogP contribution in [0.3, 0.4) is 0 Å². The monoisotopic (exact) mass is 379 g/mol. The molecule has 0 saturated heterocycles. The van der Waals surface area contributed by atoms with E-state index in [1.54, 1.807) is 37.3 Å². The third kappa shape index (κ3) is 4.04. The van der Waals surface area contributed by atoms with Crippen LogP contribution in [-0.2, 0) is 0 Å². The SMILES string of the molecule is C[C@H](CC(=O)c1cccs1)NC(=O)c1ccc(-n2ncc(C#N)c2N)cc1. The largest absolute Gasteiger partial charge is 0.382 e. The van der Waals surface area contributed by atoms with Crippen LogP contribution in [0.1, 0.15) is 38.9 Å². The lowest BCUT2D eigenvalue weighted by Crippen LogP contribution is -2.34. The van der Waals surface area contributed by atoms with Gasteiger partial charge in [0.2, 0.25) is 0 Å². The third-order valence-electron chi connectivity index (χ3n) is 3.97. The Labute approximate surface area is 160 Å². The molecule has 0 fully saturated rings. The summed E-state index contributed by atoms with van der Waals surface area (Å²) in [6.07, 6.45) is 1.63. The number of nitrogens with one attached hydrogen (secondary N) is 1. The third-order valence-corrected chi connectivity index (χ3v) is 4.88. The molecule has 136 valence electrons. The van der Waals surface area contributed by atoms with Gasteiger partial charge in [-0.25, -0.2) is 4.68 Å². The first kappa shape index (κ1) is 18.4. The standard InChI is InChI=1S/C19H17N5O2S/c1-12(9-16(25)17-3-2-8-27-17)23-19(26)13-4-6-15(7-5-13)24-18(21)14(10-20)11-22-24/h2-8,11-12H,9,21H2,1H3,(H,23,26)/t12-/m1/s1. The zero-order chi connectivity index (χ0) is 19.4. The van der Waals surface area contributed by atoms with Crippen molar-refractivity contribution in [3.8, 4) is 11.8 Å². The molecule has 0 unspecified atom stereocenters. The molecule has 0 bridgehead atoms. The Morgan fingerprint density at radius 1 is 1.33 bits per heavy atom. The number of nitrogens with two attached hydrogens (primary N) is 1. The van der Waals surface area contributed by atoms with E-state index < -0.39 is 0 Å². The molecule has 8 heteroatoms. The summed E-state index contributed by atoms with van der Waals surface area (Å²) in [5.41, 5.74) is 7.26. The number of Topliss-reactive ketones (excluding diaryl/α,β-unsaturated/α-hetero) is 1. The van der Waals surface area contributed by atoms with Crippen LogP contribution in [0.2, 0.25) is 0 Å². The van der Waals surface area contributed by atoms with E-state index in [9.17, 15) is 9.59 Å². The van der Waals surface area contributed by atoms with Crippen molar-refractivity contribution in [1.82, 2.24) is 15.1 Å². The topological polar surface area (TPSA) is 114 Å². The minimum absolute atomic E-state index is 0.00982. The van der Waals surface area contributed by atoms with Gasteiger partial charge in [-0.15, -0.1) is 11.3 Å². The predicted octanol–water partition coefficient (Wildman–Crippen LogP) is 2.78. The maximum absolute atomic E-state index is 12.4. The van der Waals surface area contributed by atoms with Crippen molar-refractivity contribution in [3.63, 3.8) is 0 Å². The Hall–Kier alpha value is -3.44. The number of carbonyl (C=O) groups is 2. The highest BCUT2D eigenvalue weighted by Crippen LogP contribution is 2.17. The van der Waals surface area contributed by atoms with E-state index in [1.807, 2.05) is 17.5 Å². The van der Waals surface area contributed by atoms with E-state index in [-0.39, 0.29) is 30.0 Å². The molecule has 1 amide bonds. The van der Waals surface area contributed by atoms with Gasteiger partial charge < -0.3 is 11.1 Å². The van der Waals surface area contributed by atoms with Gasteiger partial charge in [-0.3, -0.25) is 9.59 Å². The summed E-state index contributed by atoms with van der Waals surface area (Å²) in [7, 11) is 0. The molecule has 3 aromatic rings. The summed E-state index contributed by atoms with van der Waals surface area (Å²) >= 11 is 1.39. The second kappa shape index (κ2) is 7.85. The molecular weight excluding hydrogens is 362 g/mol. The van der Waals surface area contributed by atoms with Gasteiger partial charge in [0.05, 0.1) is 16.8 Å². The van der Waals surface area contributed by atoms with Crippen molar-refractivity contribution in [1.29, 1.82) is 5.26 Å². The molecule has 1 atom stereocenters. The van der Waals surface area contributed by atoms with E-state index in [4.69, 9.17) is 11.0 Å². The molecule has 0 radical (unpaired) electrons. The smallest absolute Gasteiger partial charge is 0.251 e. The van der Waals surface area contributed by atoms with Crippen molar-refractivity contribution in [2.75, 3.05) is 5.73 Å². The summed E-state index contributed by atoms with van der Waals surface area (Å²) in [5, 5.41) is 17.7. The number of aromatic nitrogens is 2. The molecule has 1 aromatic carbocycles. The van der Waals surface area contributed by atoms with Crippen LogP contribution in [0.4, 0.5) is 5.82 Å². The van der Waals surface area contributed by atoms with Crippen LogP contribution in [0.25, 0.3) is 5.69 Å². The minimum atomic E-state index is -0.285. The maximum Gasteiger partial charge on any atom is 0.251 e. The lowest BCUT2D eigenvalue weighted by atomic mass is 10.1. The summed E-state index contributed by atoms with van der Waals surface area (Å²) in [6.45, 7) is 1.80. The molecule has 7 nitrogen and oxygen atoms in total. The van der Waals surface area contributed by atoms with Crippen molar-refractivity contribution < 1.29 is 9.59 Å². The number of nitriles is 1. The number of benzene rings is 1. The Kier molecular flexibility index (Phi) is 5.33. The molecule has 27 heavy (non-hydrogen) atoms. The fraction of sp³-hybridized carbons (Fsp3) is 0.158. The average Bonchev–Trinajstić information content (AvgIpc) is 3.31. The fourth-order valence-corrected chi connectivity index (χ4v) is 3.25. The highest BCUT2D eigenvalue weighted by molar-refractivity contribution is 7.12. The number of rotatable bonds is 6. The normalized spacial score (nSPS) is 11.6. The number of thiophene rings is 1. The van der Waals surface area contributed by atoms with Crippen LogP contribution < -0.4 is 11.1 Å². The van der Waals surface area contributed by atoms with Crippen LogP contribution >= 0.6 is 11.3 Å². The van der Waals surface area contributed by atoms with Gasteiger partial charge in [0.25, 0.3) is 5.91 Å². The second-order valence-corrected chi connectivity index (χ2v) is 6.94. The zero-order valence-electron chi connectivity index (χ0n) is 14.5. The Morgan fingerprint density at radius 2 is 2.07 bits per heavy atom. The molecule has 0 spiro atoms. The molecule has 0 aliphatic rings. The number of anilines is 1. The number of hydrogen-bond donors (Lipinski definition) is 2. The Balaban J connectivity index is 1.64. The van der Waals surface area contributed by atoms with Gasteiger partial charge in [0.1, 0.15) is 17.5 Å². The van der Waals surface area contributed by atoms with E-state index in [1.165, 1.54) is 22.2 Å². The summed E-state index contributed by atoms with van der Waals surface area (Å²) in [6, 6.07) is 12.0. The lowest BCUT2D eigenvalue weighted by Gasteiger charge is -2.13. The number of amides is 1. The molecular formula is C19H17N5O2S. The average molecular weight is 379 g/mol. The van der Waals surface area contributed by atoms with Gasteiger partial charge in [0, 0.05) is 18.0 Å². The van der Waals surface area contributed by atoms with Crippen molar-refractivity contribution in [2.45, 2.75) is 19.4 Å². The molecule has 0 saturated carbocycles. The Morgan fingerprint density at radius 3 is 2.67 bits per heavy atom. The first-order chi connectivity index (χ1) is 13.0. The minimum Gasteiger partial charge on any atom is -0.382 e. The number of ketones is 1. The molecule has 2 heterocycles. The fourth-order valence-electron chi connectivity index (χ4n) is 2.58. The van der Waals surface area contributed by atoms with E-state index >= 15 is 0 Å². The van der Waals surface area contributed by atoms with Gasteiger partial charge in [-0.1, -0.05) is 6.07 Å². The van der Waals surface area contributed by atoms with Gasteiger partial charge in [0.15, 0.2) is 5.78 Å². The second-order valence-electron chi connectivity index (χ2n) is 5.99. The number of hydrogen-bond acceptors (Lipinski definition) is 6. The van der Waals surface area contributed by atoms with Crippen molar-refractivity contribution in [3.05, 3.63) is 64.0 Å². The maximum atomic E-state index is 12.4. The molecule has 3 rings (SSSR count). The summed E-state index contributed by atoms with van der Waals surface area (Å²) in [5.74, 6) is -0.00908. The van der Waals surface area contributed by atoms with Crippen molar-refractivity contribution >= 4 is 28.8 Å². The van der Waals surface area contributed by atoms with Crippen molar-refractivity contribution in [2.24, 2.45) is 0 Å². The predicted molar refractivity (Wildman–Crippen MR) is 103 cm³/mol. The molecule has 0 aliphatic heterocycles. The lowest BCUT2D eigenvalue weighted by molar-refractivity contribution is 0.0919. The highest BCUT2D eigenvalue weighted by atomic mass is 32.1. The molecule has 3 N–H and O–H groups in total. The van der Waals surface area contributed by atoms with Crippen LogP contribution in [0, 0.1) is 11.3 Å². The number of carbonyl (C=O) groups excluding carboxylic acids is 2. The highest BCUT2D eigenvalue weighted by Gasteiger charge is 2.16. The van der Waals surface area contributed by atoms with E-state index in [0.29, 0.717) is 21.7 Å². The first-order valence-corrected chi connectivity index (χ1v) is 9.09. The van der Waals surface area contributed by atoms with Gasteiger partial charge >= 0.3 is 0 Å². The van der Waals surface area contributed by atoms with Crippen LogP contribution in [0.5, 0.6) is 0 Å². The summed E-state index contributed by atoms with van der Waals surface area (Å²) in [4.78, 5) is 25.2. The van der Waals surface area contributed by atoms with Gasteiger partial charge in [-0.2, -0.15) is 10.4 Å². The van der Waals surface area contributed by atoms with Crippen LogP contribution in [0.15, 0.2) is 48.0 Å². The summed E-state index contributed by atoms with van der Waals surface area (Å²) < 4.78 is 1.43. The van der Waals surface area contributed by atoms with Gasteiger partial charge in [-0.05, 0) is 42.6 Å². The zero-order valence-corrected chi connectivity index (χ0v) is 15.4. The van der Waals surface area contributed by atoms with Crippen LogP contribution in [-0.4, -0.2) is 27.5 Å². The first-order valence-electron chi connectivity index (χ1n) is 8.21.